The Kier molecular flexibility index (Phi) is 14.7. The fourth-order valence-electron chi connectivity index (χ4n) is 0.801. The van der Waals surface area contributed by atoms with Crippen molar-refractivity contribution >= 4 is 0 Å². The fraction of sp³-hybridized carbons (Fsp3) is 0.692. The molecule has 0 radical (unpaired) electrons. The zero-order chi connectivity index (χ0) is 13.6. The lowest BCUT2D eigenvalue weighted by atomic mass is 9.88. The smallest absolute Gasteiger partial charge is 0.0651 e. The largest absolute Gasteiger partial charge is 0.396 e. The summed E-state index contributed by atoms with van der Waals surface area (Å²) in [5.74, 6) is 0. The highest BCUT2D eigenvalue weighted by Crippen LogP contribution is 2.18. The molecule has 0 aliphatic rings. The van der Waals surface area contributed by atoms with E-state index in [0.717, 1.165) is 0 Å². The first kappa shape index (κ1) is 18.7. The maximum Gasteiger partial charge on any atom is 0.0651 e. The van der Waals surface area contributed by atoms with Gasteiger partial charge in [-0.25, -0.2) is 0 Å². The minimum absolute atomic E-state index is 0.156. The molecule has 0 bridgehead atoms. The lowest BCUT2D eigenvalue weighted by Crippen LogP contribution is -2.32. The van der Waals surface area contributed by atoms with Crippen LogP contribution in [-0.4, -0.2) is 48.4 Å². The Morgan fingerprint density at radius 2 is 1.65 bits per heavy atom. The Hall–Kier alpha value is -0.680. The number of hydrogen-bond donors (Lipinski definition) is 3. The molecule has 0 saturated carbocycles. The van der Waals surface area contributed by atoms with Crippen molar-refractivity contribution in [2.24, 2.45) is 5.41 Å². The second-order valence-electron chi connectivity index (χ2n) is 3.72. The van der Waals surface area contributed by atoms with Gasteiger partial charge in [0.05, 0.1) is 33.0 Å². The SMILES string of the molecule is C=CCOCC=CC.CCC(CO)(CO)CO. The van der Waals surface area contributed by atoms with Crippen molar-refractivity contribution < 1.29 is 20.1 Å². The van der Waals surface area contributed by atoms with Crippen molar-refractivity contribution in [3.05, 3.63) is 24.8 Å². The number of ether oxygens (including phenoxy) is 1. The molecule has 0 unspecified atom stereocenters. The monoisotopic (exact) mass is 246 g/mol. The highest BCUT2D eigenvalue weighted by molar-refractivity contribution is 4.76. The molecule has 0 rings (SSSR count). The molecular weight excluding hydrogens is 220 g/mol. The van der Waals surface area contributed by atoms with Gasteiger partial charge in [0.1, 0.15) is 0 Å². The molecular formula is C13H26O4. The number of allylic oxidation sites excluding steroid dienone is 1. The summed E-state index contributed by atoms with van der Waals surface area (Å²) < 4.78 is 5.02. The average molecular weight is 246 g/mol. The quantitative estimate of drug-likeness (QED) is 0.443. The summed E-state index contributed by atoms with van der Waals surface area (Å²) in [6, 6.07) is 0. The van der Waals surface area contributed by atoms with Crippen molar-refractivity contribution in [2.45, 2.75) is 20.3 Å². The maximum atomic E-state index is 8.66. The molecule has 0 amide bonds. The standard InChI is InChI=1S/C7H12O.C6H14O3/c1-3-5-7-8-6-4-2;1-2-6(3-7,4-8)5-9/h3-5H,2,6-7H2,1H3;7-9H,2-5H2,1H3. The van der Waals surface area contributed by atoms with Crippen LogP contribution in [0.1, 0.15) is 20.3 Å². The van der Waals surface area contributed by atoms with E-state index in [1.54, 1.807) is 6.08 Å². The van der Waals surface area contributed by atoms with Crippen LogP contribution in [0.3, 0.4) is 0 Å². The van der Waals surface area contributed by atoms with Crippen LogP contribution in [0, 0.1) is 5.41 Å². The van der Waals surface area contributed by atoms with Gasteiger partial charge in [-0.1, -0.05) is 25.2 Å². The van der Waals surface area contributed by atoms with E-state index in [4.69, 9.17) is 20.1 Å². The van der Waals surface area contributed by atoms with Gasteiger partial charge in [-0.3, -0.25) is 0 Å². The minimum Gasteiger partial charge on any atom is -0.396 e. The average Bonchev–Trinajstić information content (AvgIpc) is 2.39. The fourth-order valence-corrected chi connectivity index (χ4v) is 0.801. The number of hydrogen-bond acceptors (Lipinski definition) is 4. The normalized spacial score (nSPS) is 11.1. The second kappa shape index (κ2) is 13.4. The molecule has 3 N–H and O–H groups in total. The van der Waals surface area contributed by atoms with Crippen LogP contribution in [0.25, 0.3) is 0 Å². The van der Waals surface area contributed by atoms with Crippen LogP contribution < -0.4 is 0 Å². The first-order chi connectivity index (χ1) is 8.16. The van der Waals surface area contributed by atoms with E-state index < -0.39 is 5.41 Å². The molecule has 0 heterocycles. The molecule has 0 aromatic carbocycles. The van der Waals surface area contributed by atoms with Gasteiger partial charge in [0.15, 0.2) is 0 Å². The van der Waals surface area contributed by atoms with Gasteiger partial charge in [-0.05, 0) is 13.3 Å². The van der Waals surface area contributed by atoms with Crippen LogP contribution in [0.15, 0.2) is 24.8 Å². The molecule has 0 aromatic rings. The van der Waals surface area contributed by atoms with Crippen LogP contribution in [0.5, 0.6) is 0 Å². The van der Waals surface area contributed by atoms with E-state index in [1.165, 1.54) is 0 Å². The van der Waals surface area contributed by atoms with E-state index in [1.807, 2.05) is 26.0 Å². The Balaban J connectivity index is 0. The molecule has 4 heteroatoms. The van der Waals surface area contributed by atoms with Gasteiger partial charge >= 0.3 is 0 Å². The second-order valence-corrected chi connectivity index (χ2v) is 3.72. The molecule has 0 saturated heterocycles. The van der Waals surface area contributed by atoms with Crippen molar-refractivity contribution in [1.82, 2.24) is 0 Å². The maximum absolute atomic E-state index is 8.66. The summed E-state index contributed by atoms with van der Waals surface area (Å²) in [5, 5.41) is 26.0. The Labute approximate surface area is 104 Å². The predicted molar refractivity (Wildman–Crippen MR) is 69.8 cm³/mol. The van der Waals surface area contributed by atoms with Crippen LogP contribution >= 0.6 is 0 Å². The summed E-state index contributed by atoms with van der Waals surface area (Å²) in [5.41, 5.74) is -0.667. The summed E-state index contributed by atoms with van der Waals surface area (Å²) in [6.07, 6.45) is 6.26. The minimum atomic E-state index is -0.667. The summed E-state index contributed by atoms with van der Waals surface area (Å²) >= 11 is 0. The van der Waals surface area contributed by atoms with E-state index in [9.17, 15) is 0 Å². The van der Waals surface area contributed by atoms with Gasteiger partial charge < -0.3 is 20.1 Å². The Bertz CT molecular complexity index is 168. The summed E-state index contributed by atoms with van der Waals surface area (Å²) in [4.78, 5) is 0. The zero-order valence-electron chi connectivity index (χ0n) is 10.9. The molecule has 0 aromatic heterocycles. The lowest BCUT2D eigenvalue weighted by Gasteiger charge is -2.24. The molecule has 102 valence electrons. The van der Waals surface area contributed by atoms with Gasteiger partial charge in [-0.2, -0.15) is 0 Å². The van der Waals surface area contributed by atoms with Gasteiger partial charge in [0.25, 0.3) is 0 Å². The van der Waals surface area contributed by atoms with E-state index in [2.05, 4.69) is 6.58 Å². The summed E-state index contributed by atoms with van der Waals surface area (Å²) in [7, 11) is 0. The molecule has 0 spiro atoms. The predicted octanol–water partition coefficient (Wildman–Crippen LogP) is 1.12. The first-order valence-electron chi connectivity index (χ1n) is 5.78. The van der Waals surface area contributed by atoms with Crippen molar-refractivity contribution in [1.29, 1.82) is 0 Å². The molecule has 0 aliphatic carbocycles. The van der Waals surface area contributed by atoms with Gasteiger partial charge in [0.2, 0.25) is 0 Å². The third-order valence-electron chi connectivity index (χ3n) is 2.44. The number of rotatable bonds is 8. The van der Waals surface area contributed by atoms with E-state index in [0.29, 0.717) is 19.6 Å². The number of aliphatic hydroxyl groups is 3. The zero-order valence-corrected chi connectivity index (χ0v) is 10.9. The van der Waals surface area contributed by atoms with Gasteiger partial charge in [0, 0.05) is 5.41 Å². The topological polar surface area (TPSA) is 69.9 Å². The molecule has 0 atom stereocenters. The van der Waals surface area contributed by atoms with Crippen LogP contribution in [-0.2, 0) is 4.74 Å². The van der Waals surface area contributed by atoms with Crippen molar-refractivity contribution in [2.75, 3.05) is 33.0 Å². The van der Waals surface area contributed by atoms with E-state index in [-0.39, 0.29) is 19.8 Å². The first-order valence-corrected chi connectivity index (χ1v) is 5.78. The molecule has 17 heavy (non-hydrogen) atoms. The van der Waals surface area contributed by atoms with Crippen LogP contribution in [0.4, 0.5) is 0 Å². The molecule has 0 fully saturated rings. The van der Waals surface area contributed by atoms with Crippen molar-refractivity contribution in [3.63, 3.8) is 0 Å². The van der Waals surface area contributed by atoms with Crippen LogP contribution in [0.2, 0.25) is 0 Å². The van der Waals surface area contributed by atoms with E-state index >= 15 is 0 Å². The Morgan fingerprint density at radius 3 is 1.88 bits per heavy atom. The Morgan fingerprint density at radius 1 is 1.12 bits per heavy atom. The highest BCUT2D eigenvalue weighted by atomic mass is 16.5. The third-order valence-corrected chi connectivity index (χ3v) is 2.44. The third kappa shape index (κ3) is 10.2. The van der Waals surface area contributed by atoms with Crippen molar-refractivity contribution in [3.8, 4) is 0 Å². The summed E-state index contributed by atoms with van der Waals surface area (Å²) in [6.45, 7) is 8.17. The number of aliphatic hydroxyl groups excluding tert-OH is 3. The van der Waals surface area contributed by atoms with Gasteiger partial charge in [-0.15, -0.1) is 6.58 Å². The highest BCUT2D eigenvalue weighted by Gasteiger charge is 2.24. The lowest BCUT2D eigenvalue weighted by molar-refractivity contribution is 0.00304. The molecule has 0 aliphatic heterocycles. The molecule has 4 nitrogen and oxygen atoms in total.